The van der Waals surface area contributed by atoms with Gasteiger partial charge in [0.2, 0.25) is 0 Å². The quantitative estimate of drug-likeness (QED) is 0.851. The summed E-state index contributed by atoms with van der Waals surface area (Å²) in [5.74, 6) is 0.878. The summed E-state index contributed by atoms with van der Waals surface area (Å²) in [4.78, 5) is 4.40. The van der Waals surface area contributed by atoms with Crippen molar-refractivity contribution in [2.24, 2.45) is 5.73 Å². The monoisotopic (exact) mass is 216 g/mol. The number of fused-ring (bicyclic) bond motifs is 1. The minimum atomic E-state index is 0.703. The number of hydrogen-bond acceptors (Lipinski definition) is 3. The largest absolute Gasteiger partial charge is 0.497 e. The zero-order chi connectivity index (χ0) is 11.4. The number of methoxy groups -OCH3 is 1. The molecule has 2 aromatic rings. The van der Waals surface area contributed by atoms with Crippen molar-refractivity contribution in [3.8, 4) is 5.75 Å². The lowest BCUT2D eigenvalue weighted by atomic mass is 10.1. The van der Waals surface area contributed by atoms with E-state index >= 15 is 0 Å². The van der Waals surface area contributed by atoms with Gasteiger partial charge in [-0.05, 0) is 49.0 Å². The van der Waals surface area contributed by atoms with Crippen molar-refractivity contribution < 1.29 is 4.74 Å². The molecule has 0 aliphatic carbocycles. The number of rotatable bonds is 4. The standard InChI is InChI=1S/C13H16N2O/c1-16-11-4-5-12-10(9-11)6-8-15-13(12)3-2-7-14/h4-6,8-9H,2-3,7,14H2,1H3. The number of hydrogen-bond donors (Lipinski definition) is 1. The van der Waals surface area contributed by atoms with E-state index in [9.17, 15) is 0 Å². The summed E-state index contributed by atoms with van der Waals surface area (Å²) in [5.41, 5.74) is 6.63. The second-order valence-electron chi connectivity index (χ2n) is 3.74. The van der Waals surface area contributed by atoms with Gasteiger partial charge in [-0.1, -0.05) is 0 Å². The molecule has 0 aliphatic rings. The van der Waals surface area contributed by atoms with Gasteiger partial charge < -0.3 is 10.5 Å². The van der Waals surface area contributed by atoms with E-state index in [0.29, 0.717) is 6.54 Å². The molecular formula is C13H16N2O. The lowest BCUT2D eigenvalue weighted by Gasteiger charge is -2.06. The minimum Gasteiger partial charge on any atom is -0.497 e. The molecule has 3 heteroatoms. The highest BCUT2D eigenvalue weighted by Gasteiger charge is 2.03. The third-order valence-corrected chi connectivity index (χ3v) is 2.67. The third kappa shape index (κ3) is 2.14. The van der Waals surface area contributed by atoms with Gasteiger partial charge in [-0.2, -0.15) is 0 Å². The van der Waals surface area contributed by atoms with Crippen LogP contribution in [0, 0.1) is 0 Å². The van der Waals surface area contributed by atoms with E-state index in [0.717, 1.165) is 24.3 Å². The number of pyridine rings is 1. The van der Waals surface area contributed by atoms with Crippen LogP contribution in [0.4, 0.5) is 0 Å². The van der Waals surface area contributed by atoms with Gasteiger partial charge in [0.1, 0.15) is 5.75 Å². The molecule has 0 fully saturated rings. The Bertz CT molecular complexity index is 482. The Morgan fingerprint density at radius 2 is 2.19 bits per heavy atom. The van der Waals surface area contributed by atoms with Crippen molar-refractivity contribution in [2.45, 2.75) is 12.8 Å². The first-order chi connectivity index (χ1) is 7.85. The van der Waals surface area contributed by atoms with Crippen LogP contribution in [-0.4, -0.2) is 18.6 Å². The van der Waals surface area contributed by atoms with Crippen LogP contribution < -0.4 is 10.5 Å². The lowest BCUT2D eigenvalue weighted by molar-refractivity contribution is 0.415. The number of benzene rings is 1. The molecule has 2 rings (SSSR count). The van der Waals surface area contributed by atoms with Crippen LogP contribution in [0.25, 0.3) is 10.8 Å². The Balaban J connectivity index is 2.43. The van der Waals surface area contributed by atoms with Crippen LogP contribution in [-0.2, 0) is 6.42 Å². The lowest BCUT2D eigenvalue weighted by Crippen LogP contribution is -2.01. The highest BCUT2D eigenvalue weighted by atomic mass is 16.5. The molecule has 0 radical (unpaired) electrons. The van der Waals surface area contributed by atoms with Crippen LogP contribution >= 0.6 is 0 Å². The van der Waals surface area contributed by atoms with Gasteiger partial charge in [0, 0.05) is 17.3 Å². The molecule has 2 N–H and O–H groups in total. The Kier molecular flexibility index (Phi) is 3.37. The summed E-state index contributed by atoms with van der Waals surface area (Å²) in [6.45, 7) is 0.703. The predicted octanol–water partition coefficient (Wildman–Crippen LogP) is 2.13. The second kappa shape index (κ2) is 4.94. The molecule has 84 valence electrons. The maximum Gasteiger partial charge on any atom is 0.119 e. The van der Waals surface area contributed by atoms with Crippen LogP contribution in [0.2, 0.25) is 0 Å². The third-order valence-electron chi connectivity index (χ3n) is 2.67. The zero-order valence-electron chi connectivity index (χ0n) is 9.44. The molecule has 1 aromatic carbocycles. The molecule has 16 heavy (non-hydrogen) atoms. The minimum absolute atomic E-state index is 0.703. The first kappa shape index (κ1) is 10.9. The molecule has 0 atom stereocenters. The Morgan fingerprint density at radius 3 is 2.94 bits per heavy atom. The SMILES string of the molecule is COc1ccc2c(CCCN)nccc2c1. The maximum absolute atomic E-state index is 5.52. The smallest absolute Gasteiger partial charge is 0.119 e. The summed E-state index contributed by atoms with van der Waals surface area (Å²) in [5, 5.41) is 2.36. The summed E-state index contributed by atoms with van der Waals surface area (Å²) >= 11 is 0. The van der Waals surface area contributed by atoms with E-state index < -0.39 is 0 Å². The molecule has 0 saturated heterocycles. The molecular weight excluding hydrogens is 200 g/mol. The molecule has 1 aromatic heterocycles. The van der Waals surface area contributed by atoms with Crippen LogP contribution in [0.3, 0.4) is 0 Å². The van der Waals surface area contributed by atoms with E-state index in [-0.39, 0.29) is 0 Å². The van der Waals surface area contributed by atoms with E-state index in [1.807, 2.05) is 24.4 Å². The van der Waals surface area contributed by atoms with Crippen molar-refractivity contribution in [3.63, 3.8) is 0 Å². The van der Waals surface area contributed by atoms with Crippen molar-refractivity contribution in [2.75, 3.05) is 13.7 Å². The molecule has 3 nitrogen and oxygen atoms in total. The highest BCUT2D eigenvalue weighted by Crippen LogP contribution is 2.22. The predicted molar refractivity (Wildman–Crippen MR) is 65.7 cm³/mol. The van der Waals surface area contributed by atoms with E-state index in [4.69, 9.17) is 10.5 Å². The summed E-state index contributed by atoms with van der Waals surface area (Å²) in [6, 6.07) is 8.07. The maximum atomic E-state index is 5.52. The first-order valence-corrected chi connectivity index (χ1v) is 5.47. The normalized spacial score (nSPS) is 10.6. The Morgan fingerprint density at radius 1 is 1.31 bits per heavy atom. The average Bonchev–Trinajstić information content (AvgIpc) is 2.35. The Labute approximate surface area is 95.2 Å². The fourth-order valence-electron chi connectivity index (χ4n) is 1.81. The number of nitrogens with two attached hydrogens (primary N) is 1. The fourth-order valence-corrected chi connectivity index (χ4v) is 1.81. The van der Waals surface area contributed by atoms with Crippen molar-refractivity contribution in [1.29, 1.82) is 0 Å². The van der Waals surface area contributed by atoms with E-state index in [1.54, 1.807) is 7.11 Å². The summed E-state index contributed by atoms with van der Waals surface area (Å²) in [6.07, 6.45) is 3.74. The molecule has 0 amide bonds. The fraction of sp³-hybridized carbons (Fsp3) is 0.308. The second-order valence-corrected chi connectivity index (χ2v) is 3.74. The van der Waals surface area contributed by atoms with E-state index in [2.05, 4.69) is 11.1 Å². The topological polar surface area (TPSA) is 48.1 Å². The molecule has 0 spiro atoms. The molecule has 1 heterocycles. The Hall–Kier alpha value is -1.61. The summed E-state index contributed by atoms with van der Waals surface area (Å²) < 4.78 is 5.20. The van der Waals surface area contributed by atoms with Crippen molar-refractivity contribution in [1.82, 2.24) is 4.98 Å². The van der Waals surface area contributed by atoms with Crippen LogP contribution in [0.5, 0.6) is 5.75 Å². The highest BCUT2D eigenvalue weighted by molar-refractivity contribution is 5.85. The number of aryl methyl sites for hydroxylation is 1. The molecule has 0 unspecified atom stereocenters. The summed E-state index contributed by atoms with van der Waals surface area (Å²) in [7, 11) is 1.68. The van der Waals surface area contributed by atoms with Gasteiger partial charge in [0.25, 0.3) is 0 Å². The van der Waals surface area contributed by atoms with Crippen LogP contribution in [0.15, 0.2) is 30.5 Å². The zero-order valence-corrected chi connectivity index (χ0v) is 9.44. The van der Waals surface area contributed by atoms with Crippen LogP contribution in [0.1, 0.15) is 12.1 Å². The van der Waals surface area contributed by atoms with Gasteiger partial charge >= 0.3 is 0 Å². The first-order valence-electron chi connectivity index (χ1n) is 5.47. The van der Waals surface area contributed by atoms with Crippen molar-refractivity contribution >= 4 is 10.8 Å². The molecule has 0 bridgehead atoms. The number of nitrogens with zero attached hydrogens (tertiary/aromatic N) is 1. The van der Waals surface area contributed by atoms with E-state index in [1.165, 1.54) is 10.8 Å². The number of aromatic nitrogens is 1. The van der Waals surface area contributed by atoms with Gasteiger partial charge in [0.15, 0.2) is 0 Å². The van der Waals surface area contributed by atoms with Gasteiger partial charge in [-0.25, -0.2) is 0 Å². The average molecular weight is 216 g/mol. The molecule has 0 aliphatic heterocycles. The molecule has 0 saturated carbocycles. The van der Waals surface area contributed by atoms with Gasteiger partial charge in [-0.3, -0.25) is 4.98 Å². The number of ether oxygens (including phenoxy) is 1. The van der Waals surface area contributed by atoms with Gasteiger partial charge in [0.05, 0.1) is 7.11 Å². The van der Waals surface area contributed by atoms with Crippen molar-refractivity contribution in [3.05, 3.63) is 36.2 Å². The van der Waals surface area contributed by atoms with Gasteiger partial charge in [-0.15, -0.1) is 0 Å².